The van der Waals surface area contributed by atoms with Crippen LogP contribution in [0.3, 0.4) is 0 Å². The fraction of sp³-hybridized carbons (Fsp3) is 0.429. The molecule has 2 amide bonds. The van der Waals surface area contributed by atoms with E-state index in [0.29, 0.717) is 43.2 Å². The SMILES string of the molecule is COc1ccc(CN(CC(CNC(=O)c2ccc(C(=O)N3C4CCC3COC4)cc2)N=[N+]=[N-])C2Cc3ccccc3C2)c(OC)c1. The summed E-state index contributed by atoms with van der Waals surface area (Å²) in [5.74, 6) is 1.12. The van der Waals surface area contributed by atoms with E-state index in [9.17, 15) is 15.1 Å². The van der Waals surface area contributed by atoms with E-state index in [2.05, 4.69) is 44.5 Å². The van der Waals surface area contributed by atoms with Crippen LogP contribution in [0.1, 0.15) is 50.2 Å². The summed E-state index contributed by atoms with van der Waals surface area (Å²) in [6.07, 6.45) is 3.67. The molecular formula is C35H40N6O5. The van der Waals surface area contributed by atoms with Crippen molar-refractivity contribution in [3.63, 3.8) is 0 Å². The molecular weight excluding hydrogens is 584 g/mol. The number of azide groups is 1. The van der Waals surface area contributed by atoms with Crippen molar-refractivity contribution in [2.75, 3.05) is 40.5 Å². The number of morpholine rings is 1. The zero-order valence-corrected chi connectivity index (χ0v) is 26.3. The zero-order chi connectivity index (χ0) is 32.0. The Morgan fingerprint density at radius 1 is 1.00 bits per heavy atom. The molecule has 2 aliphatic heterocycles. The number of methoxy groups -OCH3 is 2. The molecule has 6 rings (SSSR count). The molecule has 3 aromatic rings. The van der Waals surface area contributed by atoms with E-state index in [-0.39, 0.29) is 36.5 Å². The van der Waals surface area contributed by atoms with Gasteiger partial charge in [0.1, 0.15) is 11.5 Å². The molecule has 1 aliphatic carbocycles. The first-order valence-electron chi connectivity index (χ1n) is 15.8. The van der Waals surface area contributed by atoms with Crippen molar-refractivity contribution in [1.82, 2.24) is 15.1 Å². The van der Waals surface area contributed by atoms with E-state index < -0.39 is 6.04 Å². The maximum absolute atomic E-state index is 13.2. The molecule has 2 saturated heterocycles. The van der Waals surface area contributed by atoms with Crippen molar-refractivity contribution in [3.8, 4) is 11.5 Å². The Morgan fingerprint density at radius 2 is 1.67 bits per heavy atom. The number of ether oxygens (including phenoxy) is 3. The highest BCUT2D eigenvalue weighted by molar-refractivity contribution is 5.98. The number of amides is 2. The lowest BCUT2D eigenvalue weighted by Crippen LogP contribution is -2.49. The van der Waals surface area contributed by atoms with Gasteiger partial charge >= 0.3 is 0 Å². The Morgan fingerprint density at radius 3 is 2.30 bits per heavy atom. The van der Waals surface area contributed by atoms with Crippen LogP contribution in [-0.2, 0) is 24.1 Å². The monoisotopic (exact) mass is 624 g/mol. The molecule has 0 aromatic heterocycles. The fourth-order valence-electron chi connectivity index (χ4n) is 7.01. The van der Waals surface area contributed by atoms with Crippen molar-refractivity contribution in [2.45, 2.75) is 56.4 Å². The largest absolute Gasteiger partial charge is 0.497 e. The normalized spacial score (nSPS) is 19.3. The summed E-state index contributed by atoms with van der Waals surface area (Å²) in [4.78, 5) is 33.8. The molecule has 0 radical (unpaired) electrons. The number of carbonyl (C=O) groups is 2. The number of hydrogen-bond donors (Lipinski definition) is 1. The first kappa shape index (κ1) is 31.4. The van der Waals surface area contributed by atoms with Crippen LogP contribution in [0.15, 0.2) is 71.8 Å². The Kier molecular flexibility index (Phi) is 9.73. The number of fused-ring (bicyclic) bond motifs is 3. The van der Waals surface area contributed by atoms with E-state index in [1.165, 1.54) is 11.1 Å². The summed E-state index contributed by atoms with van der Waals surface area (Å²) in [6, 6.07) is 20.9. The van der Waals surface area contributed by atoms with Crippen LogP contribution in [0.5, 0.6) is 11.5 Å². The topological polar surface area (TPSA) is 129 Å². The smallest absolute Gasteiger partial charge is 0.254 e. The average molecular weight is 625 g/mol. The molecule has 2 fully saturated rings. The van der Waals surface area contributed by atoms with Crippen LogP contribution in [0, 0.1) is 0 Å². The zero-order valence-electron chi connectivity index (χ0n) is 26.3. The highest BCUT2D eigenvalue weighted by Gasteiger charge is 2.40. The fourth-order valence-corrected chi connectivity index (χ4v) is 7.01. The molecule has 240 valence electrons. The van der Waals surface area contributed by atoms with Gasteiger partial charge in [-0.05, 0) is 72.7 Å². The minimum atomic E-state index is -0.514. The van der Waals surface area contributed by atoms with E-state index in [0.717, 1.165) is 37.0 Å². The molecule has 11 nitrogen and oxygen atoms in total. The molecule has 3 aliphatic rings. The van der Waals surface area contributed by atoms with Crippen LogP contribution in [0.4, 0.5) is 0 Å². The Balaban J connectivity index is 1.13. The second-order valence-electron chi connectivity index (χ2n) is 12.2. The van der Waals surface area contributed by atoms with Crippen LogP contribution in [-0.4, -0.2) is 86.3 Å². The lowest BCUT2D eigenvalue weighted by Gasteiger charge is -2.34. The maximum Gasteiger partial charge on any atom is 0.254 e. The van der Waals surface area contributed by atoms with Gasteiger partial charge in [-0.1, -0.05) is 35.4 Å². The lowest BCUT2D eigenvalue weighted by molar-refractivity contribution is -0.00716. The quantitative estimate of drug-likeness (QED) is 0.175. The van der Waals surface area contributed by atoms with Crippen LogP contribution >= 0.6 is 0 Å². The summed E-state index contributed by atoms with van der Waals surface area (Å²) in [5.41, 5.74) is 14.1. The number of nitrogens with one attached hydrogen (secondary N) is 1. The third-order valence-electron chi connectivity index (χ3n) is 9.44. The number of carbonyl (C=O) groups excluding carboxylic acids is 2. The summed E-state index contributed by atoms with van der Waals surface area (Å²) in [6.45, 7) is 2.32. The predicted molar refractivity (Wildman–Crippen MR) is 173 cm³/mol. The van der Waals surface area contributed by atoms with E-state index in [4.69, 9.17) is 14.2 Å². The molecule has 46 heavy (non-hydrogen) atoms. The Hall–Kier alpha value is -4.57. The van der Waals surface area contributed by atoms with Crippen LogP contribution in [0.25, 0.3) is 10.4 Å². The average Bonchev–Trinajstić information content (AvgIpc) is 3.63. The Bertz CT molecular complexity index is 1570. The lowest BCUT2D eigenvalue weighted by atomic mass is 10.1. The molecule has 3 atom stereocenters. The van der Waals surface area contributed by atoms with Gasteiger partial charge in [-0.25, -0.2) is 0 Å². The van der Waals surface area contributed by atoms with Gasteiger partial charge in [-0.3, -0.25) is 14.5 Å². The van der Waals surface area contributed by atoms with Crippen molar-refractivity contribution in [3.05, 3.63) is 105 Å². The van der Waals surface area contributed by atoms with Gasteiger partial charge in [-0.15, -0.1) is 0 Å². The predicted octanol–water partition coefficient (Wildman–Crippen LogP) is 4.79. The van der Waals surface area contributed by atoms with Gasteiger partial charge in [0.05, 0.1) is 45.6 Å². The molecule has 3 unspecified atom stereocenters. The van der Waals surface area contributed by atoms with Crippen molar-refractivity contribution in [1.29, 1.82) is 0 Å². The standard InChI is InChI=1S/C35H40N6O5/c1-44-32-14-11-27(33(17-32)45-2)19-40(31-15-25-5-3-4-6-26(25)16-31)20-28(38-39-36)18-37-34(42)23-7-9-24(10-8-23)35(43)41-29-12-13-30(41)22-46-21-29/h3-11,14,17,28-31H,12-13,15-16,18-22H2,1-2H3,(H,37,42). The first-order valence-corrected chi connectivity index (χ1v) is 15.8. The van der Waals surface area contributed by atoms with Crippen molar-refractivity contribution in [2.24, 2.45) is 5.11 Å². The minimum absolute atomic E-state index is 0.0196. The number of nitrogens with zero attached hydrogens (tertiary/aromatic N) is 5. The highest BCUT2D eigenvalue weighted by atomic mass is 16.5. The van der Waals surface area contributed by atoms with Gasteiger partial charge in [0.2, 0.25) is 0 Å². The van der Waals surface area contributed by atoms with E-state index in [1.807, 2.05) is 23.1 Å². The van der Waals surface area contributed by atoms with Crippen LogP contribution in [0.2, 0.25) is 0 Å². The molecule has 2 heterocycles. The van der Waals surface area contributed by atoms with Gasteiger partial charge in [0.25, 0.3) is 11.8 Å². The first-order chi connectivity index (χ1) is 22.5. The molecule has 0 spiro atoms. The summed E-state index contributed by atoms with van der Waals surface area (Å²) >= 11 is 0. The molecule has 0 saturated carbocycles. The molecule has 2 bridgehead atoms. The second kappa shape index (κ2) is 14.2. The third kappa shape index (κ3) is 6.82. The number of hydrogen-bond acceptors (Lipinski definition) is 7. The minimum Gasteiger partial charge on any atom is -0.497 e. The summed E-state index contributed by atoms with van der Waals surface area (Å²) in [7, 11) is 3.26. The van der Waals surface area contributed by atoms with Crippen molar-refractivity contribution < 1.29 is 23.8 Å². The molecule has 11 heteroatoms. The number of benzene rings is 3. The van der Waals surface area contributed by atoms with Crippen LogP contribution < -0.4 is 14.8 Å². The van der Waals surface area contributed by atoms with Gasteiger partial charge in [-0.2, -0.15) is 0 Å². The third-order valence-corrected chi connectivity index (χ3v) is 9.44. The maximum atomic E-state index is 13.2. The highest BCUT2D eigenvalue weighted by Crippen LogP contribution is 2.32. The molecule has 3 aromatic carbocycles. The van der Waals surface area contributed by atoms with Gasteiger partial charge < -0.3 is 24.4 Å². The summed E-state index contributed by atoms with van der Waals surface area (Å²) < 4.78 is 16.7. The van der Waals surface area contributed by atoms with E-state index >= 15 is 0 Å². The van der Waals surface area contributed by atoms with Crippen molar-refractivity contribution >= 4 is 11.8 Å². The van der Waals surface area contributed by atoms with Gasteiger partial charge in [0.15, 0.2) is 0 Å². The summed E-state index contributed by atoms with van der Waals surface area (Å²) in [5, 5.41) is 7.03. The molecule has 1 N–H and O–H groups in total. The number of rotatable bonds is 12. The van der Waals surface area contributed by atoms with Gasteiger partial charge in [0, 0.05) is 53.3 Å². The Labute approximate surface area is 269 Å². The van der Waals surface area contributed by atoms with E-state index in [1.54, 1.807) is 38.5 Å². The second-order valence-corrected chi connectivity index (χ2v) is 12.2.